The van der Waals surface area contributed by atoms with Crippen LogP contribution in [0.1, 0.15) is 147 Å². The lowest BCUT2D eigenvalue weighted by Crippen LogP contribution is -2.15. The highest BCUT2D eigenvalue weighted by Crippen LogP contribution is 2.38. The van der Waals surface area contributed by atoms with Crippen LogP contribution in [0.3, 0.4) is 0 Å². The van der Waals surface area contributed by atoms with Crippen molar-refractivity contribution in [3.8, 4) is 5.75 Å². The van der Waals surface area contributed by atoms with E-state index in [2.05, 4.69) is 38.1 Å². The van der Waals surface area contributed by atoms with Crippen molar-refractivity contribution < 1.29 is 4.74 Å². The number of hydrogen-bond acceptors (Lipinski definition) is 1. The molecule has 0 radical (unpaired) electrons. The first-order chi connectivity index (χ1) is 16.3. The first-order valence-corrected chi connectivity index (χ1v) is 15.0. The molecular weight excluding hydrogens is 400 g/mol. The molecule has 0 saturated heterocycles. The SMILES string of the molecule is CCCCCCCC1CCC(c2ccc(OCCCC3CCC(CCCC)CC3)cc2)CC1. The number of ether oxygens (including phenoxy) is 1. The van der Waals surface area contributed by atoms with E-state index < -0.39 is 0 Å². The molecule has 0 aliphatic heterocycles. The molecule has 0 spiro atoms. The Bertz CT molecular complexity index is 589. The van der Waals surface area contributed by atoms with Crippen LogP contribution in [0.15, 0.2) is 24.3 Å². The molecule has 1 aromatic carbocycles. The average molecular weight is 455 g/mol. The zero-order chi connectivity index (χ0) is 23.1. The van der Waals surface area contributed by atoms with Gasteiger partial charge in [0.25, 0.3) is 0 Å². The second kappa shape index (κ2) is 15.8. The lowest BCUT2D eigenvalue weighted by atomic mass is 9.77. The van der Waals surface area contributed by atoms with Crippen molar-refractivity contribution >= 4 is 0 Å². The smallest absolute Gasteiger partial charge is 0.119 e. The van der Waals surface area contributed by atoms with Gasteiger partial charge in [0.15, 0.2) is 0 Å². The molecule has 0 bridgehead atoms. The molecule has 2 fully saturated rings. The van der Waals surface area contributed by atoms with Crippen molar-refractivity contribution in [3.05, 3.63) is 29.8 Å². The van der Waals surface area contributed by atoms with Gasteiger partial charge in [0.2, 0.25) is 0 Å². The fraction of sp³-hybridized carbons (Fsp3) is 0.812. The van der Waals surface area contributed by atoms with Crippen LogP contribution in [0.25, 0.3) is 0 Å². The summed E-state index contributed by atoms with van der Waals surface area (Å²) in [6.07, 6.45) is 27.0. The first-order valence-electron chi connectivity index (χ1n) is 15.0. The number of hydrogen-bond donors (Lipinski definition) is 0. The highest BCUT2D eigenvalue weighted by molar-refractivity contribution is 5.29. The summed E-state index contributed by atoms with van der Waals surface area (Å²) in [6, 6.07) is 9.16. The van der Waals surface area contributed by atoms with Crippen molar-refractivity contribution in [3.63, 3.8) is 0 Å². The standard InChI is InChI=1S/C32H54O/c1-3-5-7-8-9-12-28-18-20-30(21-19-28)31-22-24-32(25-23-31)33-26-10-13-29-16-14-27(15-17-29)11-6-4-2/h22-25,27-30H,3-21,26H2,1-2H3. The van der Waals surface area contributed by atoms with Crippen LogP contribution in [0.5, 0.6) is 5.75 Å². The van der Waals surface area contributed by atoms with Gasteiger partial charge in [-0.1, -0.05) is 109 Å². The van der Waals surface area contributed by atoms with E-state index in [9.17, 15) is 0 Å². The minimum Gasteiger partial charge on any atom is -0.494 e. The molecule has 2 aliphatic rings. The molecule has 1 nitrogen and oxygen atoms in total. The highest BCUT2D eigenvalue weighted by Gasteiger charge is 2.22. The molecule has 0 amide bonds. The summed E-state index contributed by atoms with van der Waals surface area (Å²) < 4.78 is 6.10. The Labute approximate surface area is 206 Å². The van der Waals surface area contributed by atoms with Crippen LogP contribution in [0, 0.1) is 17.8 Å². The van der Waals surface area contributed by atoms with Crippen molar-refractivity contribution in [2.75, 3.05) is 6.61 Å². The van der Waals surface area contributed by atoms with Gasteiger partial charge < -0.3 is 4.74 Å². The van der Waals surface area contributed by atoms with Gasteiger partial charge in [0.1, 0.15) is 5.75 Å². The van der Waals surface area contributed by atoms with Gasteiger partial charge in [0, 0.05) is 0 Å². The molecule has 0 atom stereocenters. The van der Waals surface area contributed by atoms with Gasteiger partial charge in [-0.2, -0.15) is 0 Å². The average Bonchev–Trinajstić information content (AvgIpc) is 2.87. The quantitative estimate of drug-likeness (QED) is 0.239. The third-order valence-electron chi connectivity index (χ3n) is 8.87. The van der Waals surface area contributed by atoms with Gasteiger partial charge in [-0.3, -0.25) is 0 Å². The van der Waals surface area contributed by atoms with Crippen LogP contribution in [0.2, 0.25) is 0 Å². The van der Waals surface area contributed by atoms with E-state index in [-0.39, 0.29) is 0 Å². The van der Waals surface area contributed by atoms with E-state index in [0.29, 0.717) is 0 Å². The monoisotopic (exact) mass is 454 g/mol. The Balaban J connectivity index is 1.25. The lowest BCUT2D eigenvalue weighted by molar-refractivity contribution is 0.228. The fourth-order valence-electron chi connectivity index (χ4n) is 6.52. The summed E-state index contributed by atoms with van der Waals surface area (Å²) in [4.78, 5) is 0. The Hall–Kier alpha value is -0.980. The van der Waals surface area contributed by atoms with Crippen molar-refractivity contribution in [1.82, 2.24) is 0 Å². The molecule has 188 valence electrons. The summed E-state index contributed by atoms with van der Waals surface area (Å²) in [7, 11) is 0. The van der Waals surface area contributed by atoms with E-state index in [0.717, 1.165) is 36.0 Å². The molecule has 0 heterocycles. The minimum absolute atomic E-state index is 0.780. The third-order valence-corrected chi connectivity index (χ3v) is 8.87. The largest absolute Gasteiger partial charge is 0.494 e. The molecule has 3 rings (SSSR count). The van der Waals surface area contributed by atoms with E-state index in [1.807, 2.05) is 0 Å². The fourth-order valence-corrected chi connectivity index (χ4v) is 6.52. The molecule has 0 aromatic heterocycles. The van der Waals surface area contributed by atoms with E-state index in [4.69, 9.17) is 4.74 Å². The molecule has 33 heavy (non-hydrogen) atoms. The van der Waals surface area contributed by atoms with Crippen LogP contribution >= 0.6 is 0 Å². The molecule has 0 unspecified atom stereocenters. The third kappa shape index (κ3) is 10.0. The van der Waals surface area contributed by atoms with Crippen molar-refractivity contribution in [2.45, 2.75) is 142 Å². The maximum absolute atomic E-state index is 6.10. The zero-order valence-electron chi connectivity index (χ0n) is 22.2. The van der Waals surface area contributed by atoms with Gasteiger partial charge in [-0.25, -0.2) is 0 Å². The van der Waals surface area contributed by atoms with Crippen LogP contribution in [0.4, 0.5) is 0 Å². The maximum Gasteiger partial charge on any atom is 0.119 e. The summed E-state index contributed by atoms with van der Waals surface area (Å²) in [6.45, 7) is 5.51. The first kappa shape index (κ1) is 26.6. The molecule has 2 saturated carbocycles. The van der Waals surface area contributed by atoms with E-state index in [1.165, 1.54) is 122 Å². The van der Waals surface area contributed by atoms with Crippen molar-refractivity contribution in [1.29, 1.82) is 0 Å². The van der Waals surface area contributed by atoms with Gasteiger partial charge in [-0.05, 0) is 79.9 Å². The maximum atomic E-state index is 6.10. The molecule has 1 heteroatoms. The molecule has 2 aliphatic carbocycles. The summed E-state index contributed by atoms with van der Waals surface area (Å²) in [5, 5.41) is 0. The Kier molecular flexibility index (Phi) is 12.8. The Morgan fingerprint density at radius 1 is 0.576 bits per heavy atom. The second-order valence-electron chi connectivity index (χ2n) is 11.5. The van der Waals surface area contributed by atoms with Crippen LogP contribution in [-0.2, 0) is 0 Å². The zero-order valence-corrected chi connectivity index (χ0v) is 22.2. The molecule has 0 N–H and O–H groups in total. The minimum atomic E-state index is 0.780. The van der Waals surface area contributed by atoms with Gasteiger partial charge >= 0.3 is 0 Å². The second-order valence-corrected chi connectivity index (χ2v) is 11.5. The van der Waals surface area contributed by atoms with Crippen LogP contribution in [-0.4, -0.2) is 6.61 Å². The van der Waals surface area contributed by atoms with Gasteiger partial charge in [-0.15, -0.1) is 0 Å². The summed E-state index contributed by atoms with van der Waals surface area (Å²) in [5.74, 6) is 4.84. The Morgan fingerprint density at radius 3 is 1.70 bits per heavy atom. The number of unbranched alkanes of at least 4 members (excludes halogenated alkanes) is 5. The molecular formula is C32H54O. The Morgan fingerprint density at radius 2 is 1.09 bits per heavy atom. The molecule has 1 aromatic rings. The highest BCUT2D eigenvalue weighted by atomic mass is 16.5. The van der Waals surface area contributed by atoms with Crippen molar-refractivity contribution in [2.24, 2.45) is 17.8 Å². The normalized spacial score (nSPS) is 25.8. The topological polar surface area (TPSA) is 9.23 Å². The number of rotatable bonds is 15. The predicted octanol–water partition coefficient (Wildman–Crippen LogP) is 10.5. The van der Waals surface area contributed by atoms with E-state index in [1.54, 1.807) is 5.56 Å². The summed E-state index contributed by atoms with van der Waals surface area (Å²) >= 11 is 0. The lowest BCUT2D eigenvalue weighted by Gasteiger charge is -2.29. The number of benzene rings is 1. The van der Waals surface area contributed by atoms with Crippen LogP contribution < -0.4 is 4.74 Å². The van der Waals surface area contributed by atoms with Gasteiger partial charge in [0.05, 0.1) is 6.61 Å². The van der Waals surface area contributed by atoms with E-state index >= 15 is 0 Å². The summed E-state index contributed by atoms with van der Waals surface area (Å²) in [5.41, 5.74) is 1.54. The predicted molar refractivity (Wildman–Crippen MR) is 144 cm³/mol.